The van der Waals surface area contributed by atoms with Crippen LogP contribution in [0.25, 0.3) is 0 Å². The topological polar surface area (TPSA) is 55.0 Å². The molecule has 2 aromatic rings. The van der Waals surface area contributed by atoms with E-state index in [4.69, 9.17) is 5.73 Å². The quantitative estimate of drug-likeness (QED) is 0.896. The lowest BCUT2D eigenvalue weighted by Crippen LogP contribution is -2.37. The summed E-state index contributed by atoms with van der Waals surface area (Å²) in [4.78, 5) is 10.9. The molecule has 2 unspecified atom stereocenters. The van der Waals surface area contributed by atoms with Crippen molar-refractivity contribution in [3.8, 4) is 0 Å². The van der Waals surface area contributed by atoms with Gasteiger partial charge in [0.15, 0.2) is 0 Å². The molecule has 2 N–H and O–H groups in total. The van der Waals surface area contributed by atoms with E-state index in [0.29, 0.717) is 0 Å². The van der Waals surface area contributed by atoms with E-state index >= 15 is 0 Å². The number of nitrogens with zero attached hydrogens (tertiary/aromatic N) is 3. The minimum atomic E-state index is 0.0172. The van der Waals surface area contributed by atoms with Crippen LogP contribution in [0.3, 0.4) is 0 Å². The first-order chi connectivity index (χ1) is 8.68. The zero-order chi connectivity index (χ0) is 13.0. The van der Waals surface area contributed by atoms with Gasteiger partial charge in [0.1, 0.15) is 0 Å². The average molecular weight is 262 g/mol. The Morgan fingerprint density at radius 2 is 2.22 bits per heavy atom. The molecule has 0 aromatic carbocycles. The minimum Gasteiger partial charge on any atom is -0.326 e. The summed E-state index contributed by atoms with van der Waals surface area (Å²) in [5.41, 5.74) is 10.0. The lowest BCUT2D eigenvalue weighted by atomic mass is 10.0. The first-order valence-corrected chi connectivity index (χ1v) is 6.86. The first kappa shape index (κ1) is 13.1. The van der Waals surface area contributed by atoms with E-state index in [1.807, 2.05) is 30.6 Å². The molecule has 96 valence electrons. The van der Waals surface area contributed by atoms with E-state index in [0.717, 1.165) is 17.9 Å². The predicted octanol–water partition coefficient (Wildman–Crippen LogP) is 2.06. The van der Waals surface area contributed by atoms with Crippen molar-refractivity contribution >= 4 is 11.3 Å². The molecule has 0 aliphatic rings. The first-order valence-electron chi connectivity index (χ1n) is 5.92. The number of likely N-dealkylation sites (N-methyl/N-ethyl adjacent to an activating group) is 1. The van der Waals surface area contributed by atoms with E-state index in [9.17, 15) is 0 Å². The fraction of sp³-hybridized carbons (Fsp3) is 0.385. The summed E-state index contributed by atoms with van der Waals surface area (Å²) in [6, 6.07) is 6.05. The van der Waals surface area contributed by atoms with E-state index < -0.39 is 0 Å². The molecule has 2 atom stereocenters. The smallest absolute Gasteiger partial charge is 0.0795 e. The minimum absolute atomic E-state index is 0.0172. The fourth-order valence-electron chi connectivity index (χ4n) is 2.12. The van der Waals surface area contributed by atoms with Gasteiger partial charge < -0.3 is 5.73 Å². The molecule has 0 aliphatic carbocycles. The predicted molar refractivity (Wildman–Crippen MR) is 74.2 cm³/mol. The van der Waals surface area contributed by atoms with Crippen LogP contribution >= 0.6 is 11.3 Å². The maximum Gasteiger partial charge on any atom is 0.0795 e. The number of thiazole rings is 1. The molecule has 2 rings (SSSR count). The Morgan fingerprint density at radius 3 is 2.78 bits per heavy atom. The number of rotatable bonds is 5. The van der Waals surface area contributed by atoms with Crippen LogP contribution in [0.2, 0.25) is 0 Å². The maximum atomic E-state index is 6.10. The molecule has 2 aromatic heterocycles. The normalized spacial score (nSPS) is 14.7. The zero-order valence-electron chi connectivity index (χ0n) is 10.7. The second-order valence-electron chi connectivity index (χ2n) is 4.45. The Kier molecular flexibility index (Phi) is 4.41. The molecule has 0 saturated carbocycles. The summed E-state index contributed by atoms with van der Waals surface area (Å²) < 4.78 is 0. The van der Waals surface area contributed by atoms with Gasteiger partial charge in [-0.25, -0.2) is 4.98 Å². The zero-order valence-corrected chi connectivity index (χ0v) is 11.5. The van der Waals surface area contributed by atoms with Crippen molar-refractivity contribution < 1.29 is 0 Å². The summed E-state index contributed by atoms with van der Waals surface area (Å²) in [7, 11) is 2.06. The monoisotopic (exact) mass is 262 g/mol. The SMILES string of the molecule is CC(N)C(c1ccccn1)N(C)Cc1cscn1. The number of aromatic nitrogens is 2. The lowest BCUT2D eigenvalue weighted by molar-refractivity contribution is 0.205. The van der Waals surface area contributed by atoms with E-state index in [2.05, 4.69) is 27.3 Å². The highest BCUT2D eigenvalue weighted by atomic mass is 32.1. The summed E-state index contributed by atoms with van der Waals surface area (Å²) in [6.45, 7) is 2.79. The molecule has 0 fully saturated rings. The van der Waals surface area contributed by atoms with Gasteiger partial charge in [-0.05, 0) is 26.1 Å². The Bertz CT molecular complexity index is 455. The van der Waals surface area contributed by atoms with Crippen molar-refractivity contribution in [3.05, 3.63) is 46.7 Å². The van der Waals surface area contributed by atoms with Gasteiger partial charge in [-0.2, -0.15) is 0 Å². The standard InChI is InChI=1S/C13H18N4S/c1-10(14)13(12-5-3-4-6-15-12)17(2)7-11-8-18-9-16-11/h3-6,8-10,13H,7,14H2,1-2H3. The summed E-state index contributed by atoms with van der Waals surface area (Å²) in [5.74, 6) is 0. The molecule has 0 spiro atoms. The molecule has 0 saturated heterocycles. The fourth-order valence-corrected chi connectivity index (χ4v) is 2.67. The molecule has 0 aliphatic heterocycles. The summed E-state index contributed by atoms with van der Waals surface area (Å²) in [6.07, 6.45) is 1.81. The van der Waals surface area contributed by atoms with Crippen molar-refractivity contribution in [2.45, 2.75) is 25.6 Å². The Balaban J connectivity index is 2.15. The molecule has 0 bridgehead atoms. The third-order valence-corrected chi connectivity index (χ3v) is 3.49. The van der Waals surface area contributed by atoms with Crippen LogP contribution in [0.4, 0.5) is 0 Å². The van der Waals surface area contributed by atoms with Gasteiger partial charge in [0.25, 0.3) is 0 Å². The van der Waals surface area contributed by atoms with Gasteiger partial charge in [-0.1, -0.05) is 6.07 Å². The van der Waals surface area contributed by atoms with Crippen molar-refractivity contribution in [1.82, 2.24) is 14.9 Å². The summed E-state index contributed by atoms with van der Waals surface area (Å²) >= 11 is 1.61. The molecule has 0 radical (unpaired) electrons. The summed E-state index contributed by atoms with van der Waals surface area (Å²) in [5, 5.41) is 2.06. The highest BCUT2D eigenvalue weighted by Crippen LogP contribution is 2.21. The van der Waals surface area contributed by atoms with Crippen LogP contribution in [0.15, 0.2) is 35.3 Å². The van der Waals surface area contributed by atoms with Crippen LogP contribution in [0.5, 0.6) is 0 Å². The van der Waals surface area contributed by atoms with Crippen LogP contribution < -0.4 is 5.73 Å². The van der Waals surface area contributed by atoms with Crippen LogP contribution in [-0.2, 0) is 6.54 Å². The molecule has 18 heavy (non-hydrogen) atoms. The van der Waals surface area contributed by atoms with Crippen LogP contribution in [0, 0.1) is 0 Å². The molecule has 4 nitrogen and oxygen atoms in total. The third kappa shape index (κ3) is 3.13. The van der Waals surface area contributed by atoms with Crippen LogP contribution in [-0.4, -0.2) is 28.0 Å². The molecular weight excluding hydrogens is 244 g/mol. The van der Waals surface area contributed by atoms with Gasteiger partial charge in [-0.3, -0.25) is 9.88 Å². The Hall–Kier alpha value is -1.30. The van der Waals surface area contributed by atoms with Gasteiger partial charge in [0.2, 0.25) is 0 Å². The Morgan fingerprint density at radius 1 is 1.39 bits per heavy atom. The molecule has 2 heterocycles. The van der Waals surface area contributed by atoms with Crippen molar-refractivity contribution in [2.24, 2.45) is 5.73 Å². The lowest BCUT2D eigenvalue weighted by Gasteiger charge is -2.30. The average Bonchev–Trinajstić information content (AvgIpc) is 2.83. The molecule has 5 heteroatoms. The highest BCUT2D eigenvalue weighted by molar-refractivity contribution is 7.07. The van der Waals surface area contributed by atoms with Gasteiger partial charge in [0, 0.05) is 24.2 Å². The Labute approximate surface area is 111 Å². The highest BCUT2D eigenvalue weighted by Gasteiger charge is 2.22. The van der Waals surface area contributed by atoms with Gasteiger partial charge in [-0.15, -0.1) is 11.3 Å². The van der Waals surface area contributed by atoms with Gasteiger partial charge >= 0.3 is 0 Å². The number of hydrogen-bond donors (Lipinski definition) is 1. The van der Waals surface area contributed by atoms with Crippen LogP contribution in [0.1, 0.15) is 24.4 Å². The number of pyridine rings is 1. The molecular formula is C13H18N4S. The van der Waals surface area contributed by atoms with E-state index in [-0.39, 0.29) is 12.1 Å². The third-order valence-electron chi connectivity index (χ3n) is 2.86. The van der Waals surface area contributed by atoms with E-state index in [1.165, 1.54) is 0 Å². The van der Waals surface area contributed by atoms with E-state index in [1.54, 1.807) is 17.5 Å². The number of hydrogen-bond acceptors (Lipinski definition) is 5. The second-order valence-corrected chi connectivity index (χ2v) is 5.17. The maximum absolute atomic E-state index is 6.10. The molecule has 0 amide bonds. The van der Waals surface area contributed by atoms with Crippen molar-refractivity contribution in [1.29, 1.82) is 0 Å². The van der Waals surface area contributed by atoms with Crippen molar-refractivity contribution in [3.63, 3.8) is 0 Å². The number of nitrogens with two attached hydrogens (primary N) is 1. The second kappa shape index (κ2) is 6.04. The van der Waals surface area contributed by atoms with Crippen molar-refractivity contribution in [2.75, 3.05) is 7.05 Å². The van der Waals surface area contributed by atoms with Gasteiger partial charge in [0.05, 0.1) is 22.9 Å². The largest absolute Gasteiger partial charge is 0.326 e.